The van der Waals surface area contributed by atoms with Crippen molar-refractivity contribution in [1.29, 1.82) is 10.5 Å². The van der Waals surface area contributed by atoms with Crippen LogP contribution in [0.15, 0.2) is 17.2 Å². The third kappa shape index (κ3) is 2.87. The Morgan fingerprint density at radius 1 is 1.31 bits per heavy atom. The summed E-state index contributed by atoms with van der Waals surface area (Å²) in [5.41, 5.74) is 3.59. The summed E-state index contributed by atoms with van der Waals surface area (Å²) in [5, 5.41) is 21.5. The molecule has 0 radical (unpaired) electrons. The van der Waals surface area contributed by atoms with E-state index in [4.69, 9.17) is 33.7 Å². The number of nitrogens with one attached hydrogen (secondary N) is 1. The Morgan fingerprint density at radius 3 is 2.44 bits per heavy atom. The van der Waals surface area contributed by atoms with E-state index in [9.17, 15) is 0 Å². The summed E-state index contributed by atoms with van der Waals surface area (Å²) in [5.74, 6) is 0. The zero-order chi connectivity index (χ0) is 12.1. The minimum absolute atomic E-state index is 0.273. The van der Waals surface area contributed by atoms with E-state index in [0.29, 0.717) is 15.7 Å². The van der Waals surface area contributed by atoms with Crippen molar-refractivity contribution in [2.45, 2.75) is 6.92 Å². The molecular weight excluding hydrogens is 247 g/mol. The van der Waals surface area contributed by atoms with Gasteiger partial charge in [-0.3, -0.25) is 5.43 Å². The van der Waals surface area contributed by atoms with Gasteiger partial charge in [0.25, 0.3) is 0 Å². The maximum atomic E-state index is 8.49. The molecule has 0 unspecified atom stereocenters. The first-order valence-electron chi connectivity index (χ1n) is 4.18. The second-order valence-electron chi connectivity index (χ2n) is 2.88. The number of nitrogens with zero attached hydrogens (tertiary/aromatic N) is 3. The molecule has 16 heavy (non-hydrogen) atoms. The van der Waals surface area contributed by atoms with Crippen molar-refractivity contribution in [1.82, 2.24) is 0 Å². The van der Waals surface area contributed by atoms with Crippen LogP contribution in [0.2, 0.25) is 10.0 Å². The number of anilines is 1. The molecule has 0 spiro atoms. The van der Waals surface area contributed by atoms with E-state index in [1.807, 2.05) is 0 Å². The Bertz CT molecular complexity index is 484. The third-order valence-corrected chi connectivity index (χ3v) is 2.26. The zero-order valence-electron chi connectivity index (χ0n) is 8.25. The lowest BCUT2D eigenvalue weighted by Crippen LogP contribution is -1.98. The standard InChI is InChI=1S/C10H6Cl2N4/c1-6-2-7(11)3-9(12)10(6)16-15-8(4-13)5-14/h2-3,16H,1H3. The molecule has 0 bridgehead atoms. The second kappa shape index (κ2) is 5.37. The minimum Gasteiger partial charge on any atom is -0.275 e. The molecule has 0 saturated heterocycles. The van der Waals surface area contributed by atoms with E-state index < -0.39 is 0 Å². The van der Waals surface area contributed by atoms with Crippen molar-refractivity contribution >= 4 is 34.6 Å². The zero-order valence-corrected chi connectivity index (χ0v) is 9.76. The van der Waals surface area contributed by atoms with E-state index in [1.165, 1.54) is 0 Å². The maximum Gasteiger partial charge on any atom is 0.237 e. The number of halogens is 2. The number of nitriles is 2. The monoisotopic (exact) mass is 252 g/mol. The molecule has 4 nitrogen and oxygen atoms in total. The van der Waals surface area contributed by atoms with Crippen LogP contribution in [0.4, 0.5) is 5.69 Å². The first kappa shape index (κ1) is 12.3. The number of benzene rings is 1. The van der Waals surface area contributed by atoms with Crippen molar-refractivity contribution in [2.24, 2.45) is 5.10 Å². The normalized spacial score (nSPS) is 8.81. The van der Waals surface area contributed by atoms with E-state index in [1.54, 1.807) is 31.2 Å². The van der Waals surface area contributed by atoms with Gasteiger partial charge in [0.15, 0.2) is 0 Å². The average molecular weight is 253 g/mol. The van der Waals surface area contributed by atoms with Crippen molar-refractivity contribution < 1.29 is 0 Å². The summed E-state index contributed by atoms with van der Waals surface area (Å²) < 4.78 is 0. The van der Waals surface area contributed by atoms with Gasteiger partial charge in [0.1, 0.15) is 12.1 Å². The van der Waals surface area contributed by atoms with Crippen molar-refractivity contribution in [3.8, 4) is 12.1 Å². The third-order valence-electron chi connectivity index (χ3n) is 1.74. The molecule has 80 valence electrons. The highest BCUT2D eigenvalue weighted by Gasteiger charge is 2.05. The molecule has 0 aliphatic heterocycles. The topological polar surface area (TPSA) is 72.0 Å². The molecule has 0 aromatic heterocycles. The Balaban J connectivity index is 3.05. The molecule has 0 amide bonds. The summed E-state index contributed by atoms with van der Waals surface area (Å²) in [6, 6.07) is 6.51. The van der Waals surface area contributed by atoms with Crippen LogP contribution in [0.3, 0.4) is 0 Å². The fourth-order valence-electron chi connectivity index (χ4n) is 1.03. The van der Waals surface area contributed by atoms with Gasteiger partial charge in [-0.05, 0) is 24.6 Å². The van der Waals surface area contributed by atoms with Gasteiger partial charge in [-0.2, -0.15) is 15.6 Å². The molecule has 0 atom stereocenters. The summed E-state index contributed by atoms with van der Waals surface area (Å²) in [7, 11) is 0. The summed E-state index contributed by atoms with van der Waals surface area (Å²) >= 11 is 11.7. The quantitative estimate of drug-likeness (QED) is 0.650. The number of aryl methyl sites for hydroxylation is 1. The second-order valence-corrected chi connectivity index (χ2v) is 3.72. The molecule has 0 aliphatic carbocycles. The van der Waals surface area contributed by atoms with Gasteiger partial charge in [0.2, 0.25) is 5.71 Å². The molecule has 0 aliphatic rings. The molecule has 0 saturated carbocycles. The summed E-state index contributed by atoms with van der Waals surface area (Å²) in [6.07, 6.45) is 0. The summed E-state index contributed by atoms with van der Waals surface area (Å²) in [6.45, 7) is 1.79. The van der Waals surface area contributed by atoms with Gasteiger partial charge in [-0.15, -0.1) is 0 Å². The van der Waals surface area contributed by atoms with E-state index in [-0.39, 0.29) is 5.71 Å². The SMILES string of the molecule is Cc1cc(Cl)cc(Cl)c1NN=C(C#N)C#N. The van der Waals surface area contributed by atoms with Crippen LogP contribution in [-0.2, 0) is 0 Å². The van der Waals surface area contributed by atoms with E-state index in [0.717, 1.165) is 5.56 Å². The highest BCUT2D eigenvalue weighted by Crippen LogP contribution is 2.29. The van der Waals surface area contributed by atoms with Gasteiger partial charge in [-0.25, -0.2) is 0 Å². The Labute approximate surface area is 103 Å². The molecule has 0 heterocycles. The van der Waals surface area contributed by atoms with Crippen LogP contribution >= 0.6 is 23.2 Å². The molecule has 1 aromatic rings. The Hall–Kier alpha value is -1.75. The minimum atomic E-state index is -0.273. The van der Waals surface area contributed by atoms with E-state index in [2.05, 4.69) is 10.5 Å². The van der Waals surface area contributed by atoms with Gasteiger partial charge < -0.3 is 0 Å². The molecule has 1 N–H and O–H groups in total. The van der Waals surface area contributed by atoms with E-state index >= 15 is 0 Å². The van der Waals surface area contributed by atoms with Crippen LogP contribution in [0.5, 0.6) is 0 Å². The lowest BCUT2D eigenvalue weighted by atomic mass is 10.2. The number of hydrazone groups is 1. The van der Waals surface area contributed by atoms with Crippen molar-refractivity contribution in [2.75, 3.05) is 5.43 Å². The van der Waals surface area contributed by atoms with Crippen molar-refractivity contribution in [3.63, 3.8) is 0 Å². The predicted octanol–water partition coefficient (Wildman–Crippen LogP) is 3.12. The van der Waals surface area contributed by atoms with Crippen LogP contribution in [0.25, 0.3) is 0 Å². The highest BCUT2D eigenvalue weighted by atomic mass is 35.5. The first-order valence-corrected chi connectivity index (χ1v) is 4.93. The highest BCUT2D eigenvalue weighted by molar-refractivity contribution is 6.36. The fraction of sp³-hybridized carbons (Fsp3) is 0.100. The lowest BCUT2D eigenvalue weighted by Gasteiger charge is -2.07. The van der Waals surface area contributed by atoms with Gasteiger partial charge in [0.05, 0.1) is 10.7 Å². The summed E-state index contributed by atoms with van der Waals surface area (Å²) in [4.78, 5) is 0. The maximum absolute atomic E-state index is 8.49. The number of hydrogen-bond donors (Lipinski definition) is 1. The predicted molar refractivity (Wildman–Crippen MR) is 63.5 cm³/mol. The van der Waals surface area contributed by atoms with Gasteiger partial charge in [0, 0.05) is 5.02 Å². The van der Waals surface area contributed by atoms with Crippen LogP contribution in [-0.4, -0.2) is 5.71 Å². The number of rotatable bonds is 2. The van der Waals surface area contributed by atoms with Gasteiger partial charge in [-0.1, -0.05) is 23.2 Å². The van der Waals surface area contributed by atoms with Crippen LogP contribution in [0, 0.1) is 29.6 Å². The lowest BCUT2D eigenvalue weighted by molar-refractivity contribution is 1.30. The smallest absolute Gasteiger partial charge is 0.237 e. The fourth-order valence-corrected chi connectivity index (χ4v) is 1.67. The molecule has 0 fully saturated rings. The largest absolute Gasteiger partial charge is 0.275 e. The van der Waals surface area contributed by atoms with Crippen molar-refractivity contribution in [3.05, 3.63) is 27.7 Å². The average Bonchev–Trinajstić information content (AvgIpc) is 2.22. The molecule has 1 rings (SSSR count). The van der Waals surface area contributed by atoms with Crippen LogP contribution < -0.4 is 5.43 Å². The van der Waals surface area contributed by atoms with Gasteiger partial charge >= 0.3 is 0 Å². The first-order chi connectivity index (χ1) is 7.58. The number of hydrogen-bond acceptors (Lipinski definition) is 4. The van der Waals surface area contributed by atoms with Crippen LogP contribution in [0.1, 0.15) is 5.56 Å². The Kier molecular flexibility index (Phi) is 4.13. The molecule has 1 aromatic carbocycles. The Morgan fingerprint density at radius 2 is 1.94 bits per heavy atom. The molecule has 6 heteroatoms. The molecular formula is C10H6Cl2N4.